The molecule has 62 valence electrons. The second kappa shape index (κ2) is 2.60. The number of fused-ring (bicyclic) bond motifs is 1. The van der Waals surface area contributed by atoms with Crippen molar-refractivity contribution in [2.24, 2.45) is 7.05 Å². The van der Waals surface area contributed by atoms with E-state index in [-0.39, 0.29) is 5.56 Å². The van der Waals surface area contributed by atoms with E-state index < -0.39 is 6.56 Å². The Labute approximate surface area is 73.1 Å². The van der Waals surface area contributed by atoms with Gasteiger partial charge in [-0.05, 0) is 11.6 Å². The molecule has 1 aromatic carbocycles. The first kappa shape index (κ1) is 5.32. The molecule has 1 heterocycles. The van der Waals surface area contributed by atoms with Crippen LogP contribution in [0.4, 0.5) is 0 Å². The topological polar surface area (TPSA) is 38.0 Å². The molecule has 0 saturated heterocycles. The minimum atomic E-state index is -2.30. The maximum atomic E-state index is 9.15. The Balaban J connectivity index is 2.62. The Bertz CT molecular complexity index is 473. The fraction of sp³-hybridized carbons (Fsp3) is 0.222. The average molecular weight is 164 g/mol. The minimum Gasteiger partial charge on any atom is -0.392 e. The Morgan fingerprint density at radius 2 is 2.50 bits per heavy atom. The minimum absolute atomic E-state index is 0.226. The summed E-state index contributed by atoms with van der Waals surface area (Å²) < 4.78 is 15.9. The molecule has 2 aromatic rings. The normalized spacial score (nSPS) is 14.5. The average Bonchev–Trinajstić information content (AvgIpc) is 2.41. The van der Waals surface area contributed by atoms with E-state index >= 15 is 0 Å². The summed E-state index contributed by atoms with van der Waals surface area (Å²) >= 11 is 0. The number of hydrogen-bond acceptors (Lipinski definition) is 2. The molecule has 3 nitrogen and oxygen atoms in total. The quantitative estimate of drug-likeness (QED) is 0.684. The molecule has 12 heavy (non-hydrogen) atoms. The highest BCUT2D eigenvalue weighted by Gasteiger charge is 1.98. The van der Waals surface area contributed by atoms with Crippen molar-refractivity contribution in [3.63, 3.8) is 0 Å². The number of aromatic nitrogens is 2. The van der Waals surface area contributed by atoms with Crippen LogP contribution < -0.4 is 0 Å². The number of nitrogens with zero attached hydrogens (tertiary/aromatic N) is 2. The molecule has 0 aliphatic heterocycles. The van der Waals surface area contributed by atoms with Gasteiger partial charge in [0.1, 0.15) is 0 Å². The molecule has 0 aliphatic rings. The van der Waals surface area contributed by atoms with Gasteiger partial charge >= 0.3 is 0 Å². The summed E-state index contributed by atoms with van der Waals surface area (Å²) in [6.45, 7) is -2.30. The smallest absolute Gasteiger partial charge is 0.0926 e. The first-order valence-corrected chi connectivity index (χ1v) is 3.63. The first-order chi connectivity index (χ1) is 6.47. The van der Waals surface area contributed by atoms with Crippen LogP contribution in [0.2, 0.25) is 0 Å². The van der Waals surface area contributed by atoms with Crippen molar-refractivity contribution in [3.8, 4) is 0 Å². The van der Waals surface area contributed by atoms with Gasteiger partial charge in [-0.2, -0.15) is 5.10 Å². The zero-order chi connectivity index (χ0) is 10.3. The summed E-state index contributed by atoms with van der Waals surface area (Å²) in [4.78, 5) is 0. The molecule has 0 spiro atoms. The third-order valence-corrected chi connectivity index (χ3v) is 1.75. The highest BCUT2D eigenvalue weighted by atomic mass is 16.3. The monoisotopic (exact) mass is 164 g/mol. The van der Waals surface area contributed by atoms with Crippen molar-refractivity contribution in [1.29, 1.82) is 0 Å². The lowest BCUT2D eigenvalue weighted by Crippen LogP contribution is -1.85. The summed E-state index contributed by atoms with van der Waals surface area (Å²) in [5.41, 5.74) is 0.909. The standard InChI is InChI=1S/C9H10N2O/c1-11-5-8-3-2-7(6-12)4-9(8)10-11/h2-5,12H,6H2,1H3/i6D2. The highest BCUT2D eigenvalue weighted by molar-refractivity contribution is 5.78. The number of rotatable bonds is 1. The number of aliphatic hydroxyl groups is 1. The van der Waals surface area contributed by atoms with Crippen molar-refractivity contribution in [2.75, 3.05) is 0 Å². The van der Waals surface area contributed by atoms with Gasteiger partial charge in [0.05, 0.1) is 14.8 Å². The maximum absolute atomic E-state index is 9.15. The highest BCUT2D eigenvalue weighted by Crippen LogP contribution is 2.13. The van der Waals surface area contributed by atoms with Crippen LogP contribution in [-0.2, 0) is 13.6 Å². The van der Waals surface area contributed by atoms with Crippen LogP contribution >= 0.6 is 0 Å². The second-order valence-electron chi connectivity index (χ2n) is 2.69. The molecule has 0 atom stereocenters. The molecular formula is C9H10N2O. The molecule has 1 N–H and O–H groups in total. The van der Waals surface area contributed by atoms with Crippen LogP contribution in [0.15, 0.2) is 24.4 Å². The van der Waals surface area contributed by atoms with E-state index in [9.17, 15) is 0 Å². The van der Waals surface area contributed by atoms with Crippen LogP contribution in [0, 0.1) is 0 Å². The molecule has 0 fully saturated rings. The Hall–Kier alpha value is -1.35. The number of benzene rings is 1. The van der Waals surface area contributed by atoms with Gasteiger partial charge in [-0.15, -0.1) is 0 Å². The van der Waals surface area contributed by atoms with Crippen LogP contribution in [0.1, 0.15) is 8.30 Å². The first-order valence-electron chi connectivity index (χ1n) is 4.63. The van der Waals surface area contributed by atoms with Gasteiger partial charge in [0.15, 0.2) is 0 Å². The third kappa shape index (κ3) is 1.08. The summed E-state index contributed by atoms with van der Waals surface area (Å²) in [6.07, 6.45) is 1.84. The van der Waals surface area contributed by atoms with Crippen molar-refractivity contribution in [1.82, 2.24) is 9.78 Å². The predicted molar refractivity (Wildman–Crippen MR) is 46.6 cm³/mol. The van der Waals surface area contributed by atoms with Crippen molar-refractivity contribution in [2.45, 2.75) is 6.56 Å². The lowest BCUT2D eigenvalue weighted by atomic mass is 10.2. The van der Waals surface area contributed by atoms with Crippen LogP contribution in [0.5, 0.6) is 0 Å². The molecule has 0 saturated carbocycles. The molecule has 3 heteroatoms. The van der Waals surface area contributed by atoms with E-state index in [4.69, 9.17) is 7.85 Å². The molecule has 0 radical (unpaired) electrons. The van der Waals surface area contributed by atoms with Crippen LogP contribution in [-0.4, -0.2) is 14.9 Å². The second-order valence-corrected chi connectivity index (χ2v) is 2.69. The summed E-state index contributed by atoms with van der Waals surface area (Å²) in [5.74, 6) is 0. The lowest BCUT2D eigenvalue weighted by molar-refractivity contribution is 0.282. The maximum Gasteiger partial charge on any atom is 0.0926 e. The summed E-state index contributed by atoms with van der Waals surface area (Å²) in [5, 5.41) is 14.2. The summed E-state index contributed by atoms with van der Waals surface area (Å²) in [6, 6.07) is 4.85. The summed E-state index contributed by atoms with van der Waals surface area (Å²) in [7, 11) is 1.80. The van der Waals surface area contributed by atoms with Gasteiger partial charge in [-0.3, -0.25) is 4.68 Å². The molecule has 0 bridgehead atoms. The van der Waals surface area contributed by atoms with E-state index in [2.05, 4.69) is 5.10 Å². The van der Waals surface area contributed by atoms with Gasteiger partial charge in [0.2, 0.25) is 0 Å². The SMILES string of the molecule is [2H]C([2H])(O)c1ccc2cn(C)nc2c1. The third-order valence-electron chi connectivity index (χ3n) is 1.75. The lowest BCUT2D eigenvalue weighted by Gasteiger charge is -1.92. The van der Waals surface area contributed by atoms with Gasteiger partial charge in [0.25, 0.3) is 0 Å². The Morgan fingerprint density at radius 1 is 1.67 bits per heavy atom. The van der Waals surface area contributed by atoms with E-state index in [1.165, 1.54) is 0 Å². The van der Waals surface area contributed by atoms with Crippen molar-refractivity contribution >= 4 is 10.9 Å². The van der Waals surface area contributed by atoms with E-state index in [0.29, 0.717) is 5.52 Å². The molecule has 2 rings (SSSR count). The van der Waals surface area contributed by atoms with Gasteiger partial charge in [-0.25, -0.2) is 0 Å². The number of hydrogen-bond donors (Lipinski definition) is 1. The fourth-order valence-electron chi connectivity index (χ4n) is 1.21. The number of aryl methyl sites for hydroxylation is 1. The van der Waals surface area contributed by atoms with E-state index in [0.717, 1.165) is 5.39 Å². The zero-order valence-electron chi connectivity index (χ0n) is 8.65. The molecular weight excluding hydrogens is 152 g/mol. The molecule has 0 amide bonds. The predicted octanol–water partition coefficient (Wildman–Crippen LogP) is 1.07. The van der Waals surface area contributed by atoms with Gasteiger partial charge in [-0.1, -0.05) is 12.1 Å². The Kier molecular flexibility index (Phi) is 1.16. The largest absolute Gasteiger partial charge is 0.392 e. The van der Waals surface area contributed by atoms with Crippen molar-refractivity contribution in [3.05, 3.63) is 30.0 Å². The van der Waals surface area contributed by atoms with Crippen LogP contribution in [0.3, 0.4) is 0 Å². The molecule has 0 unspecified atom stereocenters. The Morgan fingerprint density at radius 3 is 3.25 bits per heavy atom. The fourth-order valence-corrected chi connectivity index (χ4v) is 1.21. The van der Waals surface area contributed by atoms with E-state index in [1.54, 1.807) is 29.9 Å². The van der Waals surface area contributed by atoms with Gasteiger partial charge < -0.3 is 5.11 Å². The van der Waals surface area contributed by atoms with Gasteiger partial charge in [0, 0.05) is 18.6 Å². The molecule has 1 aromatic heterocycles. The van der Waals surface area contributed by atoms with Crippen molar-refractivity contribution < 1.29 is 7.85 Å². The van der Waals surface area contributed by atoms with Crippen LogP contribution in [0.25, 0.3) is 10.9 Å². The zero-order valence-corrected chi connectivity index (χ0v) is 6.65. The molecule has 0 aliphatic carbocycles. The van der Waals surface area contributed by atoms with E-state index in [1.807, 2.05) is 6.20 Å².